The molecule has 1 fully saturated rings. The van der Waals surface area contributed by atoms with Gasteiger partial charge in [0.05, 0.1) is 25.8 Å². The Balaban J connectivity index is 1.85. The molecule has 1 saturated heterocycles. The summed E-state index contributed by atoms with van der Waals surface area (Å²) < 4.78 is 4.63. The van der Waals surface area contributed by atoms with E-state index in [1.165, 1.54) is 31.3 Å². The maximum atomic E-state index is 11.9. The van der Waals surface area contributed by atoms with E-state index in [-0.39, 0.29) is 11.9 Å². The molecule has 0 aromatic heterocycles. The third-order valence-electron chi connectivity index (χ3n) is 3.56. The zero-order chi connectivity index (χ0) is 14.4. The van der Waals surface area contributed by atoms with Crippen molar-refractivity contribution in [3.05, 3.63) is 29.8 Å². The predicted octanol–water partition coefficient (Wildman–Crippen LogP) is 0.480. The molecule has 0 radical (unpaired) electrons. The average molecular weight is 277 g/mol. The predicted molar refractivity (Wildman–Crippen MR) is 75.8 cm³/mol. The molecule has 20 heavy (non-hydrogen) atoms. The van der Waals surface area contributed by atoms with Crippen LogP contribution in [0.4, 0.5) is 5.69 Å². The quantitative estimate of drug-likeness (QED) is 0.787. The van der Waals surface area contributed by atoms with Crippen LogP contribution in [0.25, 0.3) is 0 Å². The van der Waals surface area contributed by atoms with E-state index in [2.05, 4.69) is 10.1 Å². The molecule has 2 rings (SSSR count). The second kappa shape index (κ2) is 7.05. The lowest BCUT2D eigenvalue weighted by Crippen LogP contribution is -3.13. The third-order valence-corrected chi connectivity index (χ3v) is 3.56. The van der Waals surface area contributed by atoms with Gasteiger partial charge < -0.3 is 15.0 Å². The molecule has 5 nitrogen and oxygen atoms in total. The topological polar surface area (TPSA) is 59.8 Å². The number of rotatable bonds is 4. The lowest BCUT2D eigenvalue weighted by Gasteiger charge is -2.22. The summed E-state index contributed by atoms with van der Waals surface area (Å²) in [7, 11) is 1.35. The van der Waals surface area contributed by atoms with Crippen LogP contribution in [0, 0.1) is 0 Å². The number of likely N-dealkylation sites (tertiary alicyclic amines) is 1. The van der Waals surface area contributed by atoms with Crippen LogP contribution in [0.5, 0.6) is 0 Å². The molecule has 108 valence electrons. The van der Waals surface area contributed by atoms with Crippen LogP contribution >= 0.6 is 0 Å². The Kier molecular flexibility index (Phi) is 5.12. The van der Waals surface area contributed by atoms with Gasteiger partial charge in [0.25, 0.3) is 5.91 Å². The van der Waals surface area contributed by atoms with Gasteiger partial charge in [-0.2, -0.15) is 0 Å². The van der Waals surface area contributed by atoms with Gasteiger partial charge in [0.2, 0.25) is 0 Å². The molecule has 1 heterocycles. The molecule has 0 atom stereocenters. The summed E-state index contributed by atoms with van der Waals surface area (Å²) in [6.45, 7) is 2.67. The molecule has 0 unspecified atom stereocenters. The number of quaternary nitrogens is 1. The first-order valence-electron chi connectivity index (χ1n) is 7.01. The van der Waals surface area contributed by atoms with Crippen LogP contribution in [0.15, 0.2) is 24.3 Å². The molecule has 0 aliphatic carbocycles. The first-order chi connectivity index (χ1) is 9.69. The van der Waals surface area contributed by atoms with E-state index in [0.717, 1.165) is 13.1 Å². The lowest BCUT2D eigenvalue weighted by atomic mass is 10.1. The van der Waals surface area contributed by atoms with E-state index in [1.807, 2.05) is 0 Å². The summed E-state index contributed by atoms with van der Waals surface area (Å²) >= 11 is 0. The summed E-state index contributed by atoms with van der Waals surface area (Å²) in [5.41, 5.74) is 1.19. The number of amides is 1. The van der Waals surface area contributed by atoms with Crippen LogP contribution in [0.2, 0.25) is 0 Å². The molecule has 0 spiro atoms. The van der Waals surface area contributed by atoms with E-state index in [9.17, 15) is 9.59 Å². The number of piperidine rings is 1. The smallest absolute Gasteiger partial charge is 0.337 e. The summed E-state index contributed by atoms with van der Waals surface area (Å²) in [5, 5.41) is 2.86. The Hall–Kier alpha value is -1.88. The van der Waals surface area contributed by atoms with Crippen LogP contribution in [0.1, 0.15) is 29.6 Å². The average Bonchev–Trinajstić information content (AvgIpc) is 2.48. The largest absolute Gasteiger partial charge is 0.465 e. The van der Waals surface area contributed by atoms with E-state index in [4.69, 9.17) is 0 Å². The monoisotopic (exact) mass is 277 g/mol. The van der Waals surface area contributed by atoms with Crippen molar-refractivity contribution in [1.29, 1.82) is 0 Å². The van der Waals surface area contributed by atoms with Crippen LogP contribution in [0.3, 0.4) is 0 Å². The molecular weight excluding hydrogens is 256 g/mol. The highest BCUT2D eigenvalue weighted by atomic mass is 16.5. The van der Waals surface area contributed by atoms with Gasteiger partial charge >= 0.3 is 5.97 Å². The summed E-state index contributed by atoms with van der Waals surface area (Å²) in [6.07, 6.45) is 3.69. The second-order valence-corrected chi connectivity index (χ2v) is 5.10. The van der Waals surface area contributed by atoms with Crippen LogP contribution in [-0.2, 0) is 9.53 Å². The van der Waals surface area contributed by atoms with Crippen molar-refractivity contribution in [3.63, 3.8) is 0 Å². The Morgan fingerprint density at radius 2 is 1.80 bits per heavy atom. The van der Waals surface area contributed by atoms with Crippen molar-refractivity contribution < 1.29 is 19.2 Å². The number of hydrogen-bond acceptors (Lipinski definition) is 3. The highest BCUT2D eigenvalue weighted by molar-refractivity contribution is 5.93. The van der Waals surface area contributed by atoms with Gasteiger partial charge in [-0.3, -0.25) is 4.79 Å². The number of carbonyl (C=O) groups is 2. The van der Waals surface area contributed by atoms with Gasteiger partial charge in [-0.25, -0.2) is 4.79 Å². The maximum absolute atomic E-state index is 11.9. The van der Waals surface area contributed by atoms with Crippen molar-refractivity contribution in [2.45, 2.75) is 19.3 Å². The van der Waals surface area contributed by atoms with E-state index in [0.29, 0.717) is 17.8 Å². The molecular formula is C15H21N2O3+. The fourth-order valence-electron chi connectivity index (χ4n) is 2.47. The summed E-state index contributed by atoms with van der Waals surface area (Å²) in [6, 6.07) is 6.73. The van der Waals surface area contributed by atoms with Crippen molar-refractivity contribution in [3.8, 4) is 0 Å². The normalized spacial score (nSPS) is 15.7. The number of ether oxygens (including phenoxy) is 1. The molecule has 1 amide bonds. The number of carbonyl (C=O) groups excluding carboxylic acids is 2. The number of esters is 1. The standard InChI is InChI=1S/C15H20N2O3/c1-20-15(19)12-5-7-13(8-6-12)16-14(18)11-17-9-3-2-4-10-17/h5-8H,2-4,9-11H2,1H3,(H,16,18)/p+1. The molecule has 1 aliphatic rings. The lowest BCUT2D eigenvalue weighted by molar-refractivity contribution is -0.896. The number of benzene rings is 1. The van der Waals surface area contributed by atoms with Gasteiger partial charge in [0.1, 0.15) is 0 Å². The van der Waals surface area contributed by atoms with Crippen molar-refractivity contribution in [1.82, 2.24) is 0 Å². The van der Waals surface area contributed by atoms with Gasteiger partial charge in [-0.15, -0.1) is 0 Å². The highest BCUT2D eigenvalue weighted by Crippen LogP contribution is 2.10. The Bertz CT molecular complexity index is 465. The van der Waals surface area contributed by atoms with Gasteiger partial charge in [0.15, 0.2) is 6.54 Å². The fraction of sp³-hybridized carbons (Fsp3) is 0.467. The van der Waals surface area contributed by atoms with Crippen molar-refractivity contribution in [2.75, 3.05) is 32.1 Å². The van der Waals surface area contributed by atoms with E-state index >= 15 is 0 Å². The Morgan fingerprint density at radius 1 is 1.15 bits per heavy atom. The third kappa shape index (κ3) is 4.06. The van der Waals surface area contributed by atoms with Crippen molar-refractivity contribution >= 4 is 17.6 Å². The summed E-state index contributed by atoms with van der Waals surface area (Å²) in [4.78, 5) is 24.6. The maximum Gasteiger partial charge on any atom is 0.337 e. The fourth-order valence-corrected chi connectivity index (χ4v) is 2.47. The molecule has 0 saturated carbocycles. The number of nitrogens with one attached hydrogen (secondary N) is 2. The van der Waals surface area contributed by atoms with Crippen LogP contribution < -0.4 is 10.2 Å². The highest BCUT2D eigenvalue weighted by Gasteiger charge is 2.17. The second-order valence-electron chi connectivity index (χ2n) is 5.10. The molecule has 0 bridgehead atoms. The number of hydrogen-bond donors (Lipinski definition) is 2. The van der Waals surface area contributed by atoms with Crippen molar-refractivity contribution in [2.24, 2.45) is 0 Å². The minimum Gasteiger partial charge on any atom is -0.465 e. The van der Waals surface area contributed by atoms with E-state index in [1.54, 1.807) is 24.3 Å². The zero-order valence-corrected chi connectivity index (χ0v) is 11.8. The van der Waals surface area contributed by atoms with Gasteiger partial charge in [-0.1, -0.05) is 0 Å². The first kappa shape index (κ1) is 14.5. The minimum absolute atomic E-state index is 0.0210. The molecule has 2 N–H and O–H groups in total. The number of methoxy groups -OCH3 is 1. The first-order valence-corrected chi connectivity index (χ1v) is 7.01. The van der Waals surface area contributed by atoms with E-state index < -0.39 is 0 Å². The van der Waals surface area contributed by atoms with Gasteiger partial charge in [0, 0.05) is 5.69 Å². The van der Waals surface area contributed by atoms with Gasteiger partial charge in [-0.05, 0) is 43.5 Å². The Morgan fingerprint density at radius 3 is 2.40 bits per heavy atom. The molecule has 5 heteroatoms. The van der Waals surface area contributed by atoms with Crippen LogP contribution in [-0.4, -0.2) is 38.6 Å². The zero-order valence-electron chi connectivity index (χ0n) is 11.8. The summed E-state index contributed by atoms with van der Waals surface area (Å²) in [5.74, 6) is -0.353. The Labute approximate surface area is 118 Å². The molecule has 1 aromatic rings. The number of anilines is 1. The SMILES string of the molecule is COC(=O)c1ccc(NC(=O)C[NH+]2CCCCC2)cc1. The molecule has 1 aliphatic heterocycles. The minimum atomic E-state index is -0.374. The molecule has 1 aromatic carbocycles.